The van der Waals surface area contributed by atoms with Gasteiger partial charge in [0.15, 0.2) is 0 Å². The van der Waals surface area contributed by atoms with E-state index in [1.165, 1.54) is 45.3 Å². The van der Waals surface area contributed by atoms with Gasteiger partial charge in [-0.1, -0.05) is 0 Å². The van der Waals surface area contributed by atoms with Crippen molar-refractivity contribution < 1.29 is 4.74 Å². The van der Waals surface area contributed by atoms with Gasteiger partial charge in [-0.25, -0.2) is 9.67 Å². The first-order chi connectivity index (χ1) is 10.6. The summed E-state index contributed by atoms with van der Waals surface area (Å²) in [4.78, 5) is 7.08. The van der Waals surface area contributed by atoms with Crippen molar-refractivity contribution >= 4 is 0 Å². The standard InChI is InChI=1S/C17H30N4O/c1-4-22-17-8-16(9-17)11-20-7-5-6-15(10-20)12-21-14(3)18-13(2)19-21/h15-17H,4-12H2,1-3H3. The fourth-order valence-electron chi connectivity index (χ4n) is 4.01. The van der Waals surface area contributed by atoms with Gasteiger partial charge in [0.2, 0.25) is 0 Å². The van der Waals surface area contributed by atoms with E-state index >= 15 is 0 Å². The highest BCUT2D eigenvalue weighted by atomic mass is 16.5. The van der Waals surface area contributed by atoms with Crippen LogP contribution in [0.4, 0.5) is 0 Å². The van der Waals surface area contributed by atoms with Crippen LogP contribution in [0.3, 0.4) is 0 Å². The molecule has 2 aliphatic rings. The van der Waals surface area contributed by atoms with Gasteiger partial charge in [0.05, 0.1) is 6.10 Å². The fourth-order valence-corrected chi connectivity index (χ4v) is 4.01. The van der Waals surface area contributed by atoms with Crippen molar-refractivity contribution in [2.24, 2.45) is 11.8 Å². The molecule has 0 radical (unpaired) electrons. The van der Waals surface area contributed by atoms with E-state index in [1.807, 2.05) is 6.92 Å². The first-order valence-corrected chi connectivity index (χ1v) is 8.86. The third-order valence-electron chi connectivity index (χ3n) is 5.11. The number of aromatic nitrogens is 3. The molecule has 1 aliphatic heterocycles. The maximum atomic E-state index is 5.68. The first kappa shape index (κ1) is 15.9. The second kappa shape index (κ2) is 7.09. The average molecular weight is 306 g/mol. The second-order valence-corrected chi connectivity index (χ2v) is 7.07. The number of rotatable bonds is 6. The van der Waals surface area contributed by atoms with Gasteiger partial charge in [-0.05, 0) is 64.8 Å². The van der Waals surface area contributed by atoms with Crippen LogP contribution in [0.1, 0.15) is 44.3 Å². The Labute approximate surface area is 134 Å². The van der Waals surface area contributed by atoms with Crippen LogP contribution >= 0.6 is 0 Å². The predicted octanol–water partition coefficient (Wildman–Crippen LogP) is 2.42. The minimum Gasteiger partial charge on any atom is -0.378 e. The van der Waals surface area contributed by atoms with Crippen LogP contribution in [0.2, 0.25) is 0 Å². The molecule has 0 amide bonds. The lowest BCUT2D eigenvalue weighted by molar-refractivity contribution is -0.0368. The maximum Gasteiger partial charge on any atom is 0.147 e. The van der Waals surface area contributed by atoms with E-state index in [2.05, 4.69) is 33.5 Å². The van der Waals surface area contributed by atoms with E-state index in [0.29, 0.717) is 6.10 Å². The number of aryl methyl sites for hydroxylation is 2. The molecule has 1 aromatic rings. The normalized spacial score (nSPS) is 29.5. The highest BCUT2D eigenvalue weighted by molar-refractivity contribution is 4.89. The number of piperidine rings is 1. The molecule has 22 heavy (non-hydrogen) atoms. The molecule has 2 heterocycles. The summed E-state index contributed by atoms with van der Waals surface area (Å²) in [6, 6.07) is 0. The van der Waals surface area contributed by atoms with Crippen LogP contribution in [0.5, 0.6) is 0 Å². The second-order valence-electron chi connectivity index (χ2n) is 7.07. The van der Waals surface area contributed by atoms with Crippen molar-refractivity contribution in [3.05, 3.63) is 11.6 Å². The molecule has 124 valence electrons. The van der Waals surface area contributed by atoms with E-state index in [-0.39, 0.29) is 0 Å². The molecule has 1 aromatic heterocycles. The molecule has 0 bridgehead atoms. The Hall–Kier alpha value is -0.940. The van der Waals surface area contributed by atoms with Crippen LogP contribution in [0, 0.1) is 25.7 Å². The zero-order valence-corrected chi connectivity index (χ0v) is 14.3. The minimum atomic E-state index is 0.538. The molecule has 1 saturated carbocycles. The van der Waals surface area contributed by atoms with Gasteiger partial charge >= 0.3 is 0 Å². The van der Waals surface area contributed by atoms with Gasteiger partial charge in [-0.15, -0.1) is 0 Å². The van der Waals surface area contributed by atoms with Gasteiger partial charge < -0.3 is 9.64 Å². The van der Waals surface area contributed by atoms with Crippen LogP contribution in [-0.2, 0) is 11.3 Å². The molecular formula is C17H30N4O. The Morgan fingerprint density at radius 2 is 2.00 bits per heavy atom. The number of likely N-dealkylation sites (tertiary alicyclic amines) is 1. The van der Waals surface area contributed by atoms with Crippen LogP contribution in [-0.4, -0.2) is 52.0 Å². The summed E-state index contributed by atoms with van der Waals surface area (Å²) in [6.07, 6.45) is 5.70. The van der Waals surface area contributed by atoms with Crippen LogP contribution < -0.4 is 0 Å². The molecule has 1 atom stereocenters. The van der Waals surface area contributed by atoms with E-state index in [4.69, 9.17) is 4.74 Å². The van der Waals surface area contributed by atoms with Crippen LogP contribution in [0.25, 0.3) is 0 Å². The van der Waals surface area contributed by atoms with Gasteiger partial charge in [0.1, 0.15) is 11.6 Å². The minimum absolute atomic E-state index is 0.538. The maximum absolute atomic E-state index is 5.68. The third kappa shape index (κ3) is 3.87. The number of nitrogens with zero attached hydrogens (tertiary/aromatic N) is 4. The lowest BCUT2D eigenvalue weighted by atomic mass is 9.81. The summed E-state index contributed by atoms with van der Waals surface area (Å²) in [5.74, 6) is 3.51. The molecule has 0 aromatic carbocycles. The Morgan fingerprint density at radius 1 is 1.18 bits per heavy atom. The Morgan fingerprint density at radius 3 is 2.68 bits per heavy atom. The van der Waals surface area contributed by atoms with Gasteiger partial charge in [0.25, 0.3) is 0 Å². The molecule has 5 nitrogen and oxygen atoms in total. The number of hydrogen-bond donors (Lipinski definition) is 0. The summed E-state index contributed by atoms with van der Waals surface area (Å²) in [5.41, 5.74) is 0. The molecule has 0 spiro atoms. The van der Waals surface area contributed by atoms with Gasteiger partial charge in [-0.2, -0.15) is 5.10 Å². The summed E-state index contributed by atoms with van der Waals surface area (Å²) < 4.78 is 7.77. The molecule has 1 saturated heterocycles. The highest BCUT2D eigenvalue weighted by Gasteiger charge is 2.32. The van der Waals surface area contributed by atoms with E-state index in [0.717, 1.165) is 36.6 Å². The highest BCUT2D eigenvalue weighted by Crippen LogP contribution is 2.32. The molecule has 3 rings (SSSR count). The summed E-state index contributed by atoms with van der Waals surface area (Å²) >= 11 is 0. The van der Waals surface area contributed by atoms with Crippen molar-refractivity contribution in [1.82, 2.24) is 19.7 Å². The molecule has 5 heteroatoms. The zero-order chi connectivity index (χ0) is 15.5. The third-order valence-corrected chi connectivity index (χ3v) is 5.11. The number of hydrogen-bond acceptors (Lipinski definition) is 4. The smallest absolute Gasteiger partial charge is 0.147 e. The lowest BCUT2D eigenvalue weighted by Gasteiger charge is -2.41. The van der Waals surface area contributed by atoms with Gasteiger partial charge in [0, 0.05) is 26.2 Å². The zero-order valence-electron chi connectivity index (χ0n) is 14.3. The summed E-state index contributed by atoms with van der Waals surface area (Å²) in [5, 5.41) is 4.52. The lowest BCUT2D eigenvalue weighted by Crippen LogP contribution is -2.44. The average Bonchev–Trinajstić information content (AvgIpc) is 2.75. The van der Waals surface area contributed by atoms with Crippen molar-refractivity contribution in [1.29, 1.82) is 0 Å². The molecule has 2 fully saturated rings. The Bertz CT molecular complexity index is 481. The fraction of sp³-hybridized carbons (Fsp3) is 0.882. The SMILES string of the molecule is CCOC1CC(CN2CCCC(Cn3nc(C)nc3C)C2)C1. The Balaban J connectivity index is 1.45. The molecular weight excluding hydrogens is 276 g/mol. The Kier molecular flexibility index (Phi) is 5.14. The monoisotopic (exact) mass is 306 g/mol. The summed E-state index contributed by atoms with van der Waals surface area (Å²) in [7, 11) is 0. The quantitative estimate of drug-likeness (QED) is 0.809. The van der Waals surface area contributed by atoms with Crippen molar-refractivity contribution in [2.75, 3.05) is 26.2 Å². The van der Waals surface area contributed by atoms with E-state index in [1.54, 1.807) is 0 Å². The first-order valence-electron chi connectivity index (χ1n) is 8.86. The number of ether oxygens (including phenoxy) is 1. The topological polar surface area (TPSA) is 43.2 Å². The van der Waals surface area contributed by atoms with E-state index < -0.39 is 0 Å². The summed E-state index contributed by atoms with van der Waals surface area (Å²) in [6.45, 7) is 11.8. The largest absolute Gasteiger partial charge is 0.378 e. The van der Waals surface area contributed by atoms with Crippen molar-refractivity contribution in [2.45, 2.75) is 59.1 Å². The van der Waals surface area contributed by atoms with Gasteiger partial charge in [-0.3, -0.25) is 0 Å². The molecule has 0 N–H and O–H groups in total. The molecule has 1 unspecified atom stereocenters. The van der Waals surface area contributed by atoms with Crippen molar-refractivity contribution in [3.63, 3.8) is 0 Å². The van der Waals surface area contributed by atoms with E-state index in [9.17, 15) is 0 Å². The predicted molar refractivity (Wildman–Crippen MR) is 86.8 cm³/mol. The molecule has 1 aliphatic carbocycles. The van der Waals surface area contributed by atoms with Crippen LogP contribution in [0.15, 0.2) is 0 Å². The van der Waals surface area contributed by atoms with Crippen molar-refractivity contribution in [3.8, 4) is 0 Å².